The lowest BCUT2D eigenvalue weighted by molar-refractivity contribution is -0.141. The molecule has 1 atom stereocenters. The lowest BCUT2D eigenvalue weighted by Gasteiger charge is -2.32. The monoisotopic (exact) mass is 288 g/mol. The highest BCUT2D eigenvalue weighted by Crippen LogP contribution is 2.08. The SMILES string of the molecule is C=CCSCCNC(=O)N1CCOC(CC(=O)O)C1. The highest BCUT2D eigenvalue weighted by atomic mass is 32.2. The molecule has 0 aromatic heterocycles. The number of hydrogen-bond donors (Lipinski definition) is 2. The number of carboxylic acid groups (broad SMARTS) is 1. The minimum absolute atomic E-state index is 0.0705. The molecule has 108 valence electrons. The fraction of sp³-hybridized carbons (Fsp3) is 0.667. The molecular formula is C12H20N2O4S. The first-order chi connectivity index (χ1) is 9.13. The molecule has 1 saturated heterocycles. The molecule has 1 rings (SSSR count). The van der Waals surface area contributed by atoms with E-state index in [9.17, 15) is 9.59 Å². The van der Waals surface area contributed by atoms with Gasteiger partial charge in [-0.3, -0.25) is 4.79 Å². The molecule has 6 nitrogen and oxygen atoms in total. The summed E-state index contributed by atoms with van der Waals surface area (Å²) in [5.74, 6) is 0.794. The van der Waals surface area contributed by atoms with E-state index >= 15 is 0 Å². The first-order valence-electron chi connectivity index (χ1n) is 6.18. The highest BCUT2D eigenvalue weighted by molar-refractivity contribution is 7.99. The van der Waals surface area contributed by atoms with Gasteiger partial charge in [0.25, 0.3) is 0 Å². The Bertz CT molecular complexity index is 325. The largest absolute Gasteiger partial charge is 0.481 e. The van der Waals surface area contributed by atoms with Crippen LogP contribution in [0.15, 0.2) is 12.7 Å². The lowest BCUT2D eigenvalue weighted by Crippen LogP contribution is -2.50. The summed E-state index contributed by atoms with van der Waals surface area (Å²) in [5.41, 5.74) is 0. The molecule has 1 aliphatic heterocycles. The summed E-state index contributed by atoms with van der Waals surface area (Å²) in [4.78, 5) is 24.1. The molecule has 0 saturated carbocycles. The van der Waals surface area contributed by atoms with Crippen molar-refractivity contribution in [3.05, 3.63) is 12.7 Å². The molecule has 0 aromatic rings. The van der Waals surface area contributed by atoms with Gasteiger partial charge in [0, 0.05) is 31.1 Å². The number of thioether (sulfide) groups is 1. The summed E-state index contributed by atoms with van der Waals surface area (Å²) in [5, 5.41) is 11.5. The Balaban J connectivity index is 2.23. The lowest BCUT2D eigenvalue weighted by atomic mass is 10.2. The van der Waals surface area contributed by atoms with Crippen LogP contribution in [0.2, 0.25) is 0 Å². The van der Waals surface area contributed by atoms with Crippen LogP contribution in [0.3, 0.4) is 0 Å². The number of morpholine rings is 1. The van der Waals surface area contributed by atoms with Gasteiger partial charge in [-0.15, -0.1) is 6.58 Å². The van der Waals surface area contributed by atoms with Crippen molar-refractivity contribution < 1.29 is 19.4 Å². The van der Waals surface area contributed by atoms with E-state index in [2.05, 4.69) is 11.9 Å². The fourth-order valence-corrected chi connectivity index (χ4v) is 2.31. The van der Waals surface area contributed by atoms with Crippen molar-refractivity contribution in [1.29, 1.82) is 0 Å². The van der Waals surface area contributed by atoms with Crippen LogP contribution in [0.1, 0.15) is 6.42 Å². The number of hydrogen-bond acceptors (Lipinski definition) is 4. The maximum Gasteiger partial charge on any atom is 0.317 e. The average Bonchev–Trinajstić information content (AvgIpc) is 2.38. The number of amides is 2. The van der Waals surface area contributed by atoms with Crippen molar-refractivity contribution in [3.63, 3.8) is 0 Å². The van der Waals surface area contributed by atoms with E-state index in [0.29, 0.717) is 26.2 Å². The first kappa shape index (κ1) is 15.8. The second-order valence-electron chi connectivity index (χ2n) is 4.13. The molecule has 0 aliphatic carbocycles. The maximum absolute atomic E-state index is 11.8. The van der Waals surface area contributed by atoms with Crippen LogP contribution in [-0.4, -0.2) is 65.9 Å². The molecule has 1 aliphatic rings. The molecule has 1 heterocycles. The van der Waals surface area contributed by atoms with Crippen LogP contribution < -0.4 is 5.32 Å². The van der Waals surface area contributed by atoms with E-state index in [-0.39, 0.29) is 12.5 Å². The normalized spacial score (nSPS) is 18.9. The van der Waals surface area contributed by atoms with E-state index in [1.807, 2.05) is 6.08 Å². The summed E-state index contributed by atoms with van der Waals surface area (Å²) >= 11 is 1.70. The Labute approximate surface area is 117 Å². The number of rotatable bonds is 7. The van der Waals surface area contributed by atoms with Crippen LogP contribution in [0.4, 0.5) is 4.79 Å². The van der Waals surface area contributed by atoms with E-state index in [1.165, 1.54) is 0 Å². The molecule has 1 unspecified atom stereocenters. The number of nitrogens with one attached hydrogen (secondary N) is 1. The number of nitrogens with zero attached hydrogens (tertiary/aromatic N) is 1. The number of carbonyl (C=O) groups is 2. The molecule has 7 heteroatoms. The van der Waals surface area contributed by atoms with Crippen LogP contribution >= 0.6 is 11.8 Å². The zero-order chi connectivity index (χ0) is 14.1. The molecule has 0 radical (unpaired) electrons. The van der Waals surface area contributed by atoms with Crippen molar-refractivity contribution >= 4 is 23.8 Å². The standard InChI is InChI=1S/C12H20N2O4S/c1-2-6-19-7-3-13-12(17)14-4-5-18-10(9-14)8-11(15)16/h2,10H,1,3-9H2,(H,13,17)(H,15,16). The Morgan fingerprint density at radius 3 is 3.05 bits per heavy atom. The molecule has 0 spiro atoms. The third kappa shape index (κ3) is 6.49. The van der Waals surface area contributed by atoms with Gasteiger partial charge < -0.3 is 20.1 Å². The van der Waals surface area contributed by atoms with Crippen molar-refractivity contribution in [1.82, 2.24) is 10.2 Å². The van der Waals surface area contributed by atoms with Crippen molar-refractivity contribution in [3.8, 4) is 0 Å². The molecule has 2 N–H and O–H groups in total. The van der Waals surface area contributed by atoms with E-state index in [4.69, 9.17) is 9.84 Å². The smallest absolute Gasteiger partial charge is 0.317 e. The second kappa shape index (κ2) is 8.82. The van der Waals surface area contributed by atoms with Gasteiger partial charge in [0.2, 0.25) is 0 Å². The van der Waals surface area contributed by atoms with Gasteiger partial charge in [0.15, 0.2) is 0 Å². The Kier molecular flexibility index (Phi) is 7.35. The van der Waals surface area contributed by atoms with Crippen molar-refractivity contribution in [2.75, 3.05) is 37.7 Å². The van der Waals surface area contributed by atoms with Gasteiger partial charge in [-0.25, -0.2) is 4.79 Å². The summed E-state index contributed by atoms with van der Waals surface area (Å²) in [6.07, 6.45) is 1.34. The third-order valence-electron chi connectivity index (χ3n) is 2.59. The third-order valence-corrected chi connectivity index (χ3v) is 3.55. The zero-order valence-electron chi connectivity index (χ0n) is 10.8. The minimum atomic E-state index is -0.909. The molecule has 1 fully saturated rings. The van der Waals surface area contributed by atoms with Gasteiger partial charge >= 0.3 is 12.0 Å². The highest BCUT2D eigenvalue weighted by Gasteiger charge is 2.25. The Morgan fingerprint density at radius 1 is 1.58 bits per heavy atom. The van der Waals surface area contributed by atoms with Gasteiger partial charge in [0.05, 0.1) is 19.1 Å². The van der Waals surface area contributed by atoms with E-state index < -0.39 is 12.1 Å². The Morgan fingerprint density at radius 2 is 2.37 bits per heavy atom. The number of carboxylic acids is 1. The van der Waals surface area contributed by atoms with Crippen molar-refractivity contribution in [2.24, 2.45) is 0 Å². The quantitative estimate of drug-likeness (QED) is 0.535. The van der Waals surface area contributed by atoms with Crippen LogP contribution in [0.25, 0.3) is 0 Å². The van der Waals surface area contributed by atoms with E-state index in [0.717, 1.165) is 11.5 Å². The predicted octanol–water partition coefficient (Wildman–Crippen LogP) is 0.791. The van der Waals surface area contributed by atoms with Crippen molar-refractivity contribution in [2.45, 2.75) is 12.5 Å². The first-order valence-corrected chi connectivity index (χ1v) is 7.33. The number of urea groups is 1. The molecule has 19 heavy (non-hydrogen) atoms. The number of aliphatic carboxylic acids is 1. The number of ether oxygens (including phenoxy) is 1. The fourth-order valence-electron chi connectivity index (χ4n) is 1.73. The molecule has 0 aromatic carbocycles. The summed E-state index contributed by atoms with van der Waals surface area (Å²) < 4.78 is 5.31. The minimum Gasteiger partial charge on any atom is -0.481 e. The molecular weight excluding hydrogens is 268 g/mol. The zero-order valence-corrected chi connectivity index (χ0v) is 11.7. The van der Waals surface area contributed by atoms with Gasteiger partial charge in [-0.2, -0.15) is 11.8 Å². The van der Waals surface area contributed by atoms with Crippen LogP contribution in [0.5, 0.6) is 0 Å². The topological polar surface area (TPSA) is 78.9 Å². The Hall–Kier alpha value is -1.21. The average molecular weight is 288 g/mol. The maximum atomic E-state index is 11.8. The van der Waals surface area contributed by atoms with Gasteiger partial charge in [0.1, 0.15) is 0 Å². The van der Waals surface area contributed by atoms with Crippen LogP contribution in [-0.2, 0) is 9.53 Å². The van der Waals surface area contributed by atoms with Gasteiger partial charge in [-0.05, 0) is 0 Å². The molecule has 2 amide bonds. The molecule has 0 bridgehead atoms. The predicted molar refractivity (Wildman–Crippen MR) is 74.5 cm³/mol. The summed E-state index contributed by atoms with van der Waals surface area (Å²) in [6, 6.07) is -0.155. The van der Waals surface area contributed by atoms with Crippen LogP contribution in [0, 0.1) is 0 Å². The second-order valence-corrected chi connectivity index (χ2v) is 5.28. The summed E-state index contributed by atoms with van der Waals surface area (Å²) in [7, 11) is 0. The summed E-state index contributed by atoms with van der Waals surface area (Å²) in [6.45, 7) is 5.43. The number of carbonyl (C=O) groups excluding carboxylic acids is 1. The van der Waals surface area contributed by atoms with E-state index in [1.54, 1.807) is 16.7 Å². The van der Waals surface area contributed by atoms with Gasteiger partial charge in [-0.1, -0.05) is 6.08 Å².